The number of fused-ring (bicyclic) bond motifs is 2. The van der Waals surface area contributed by atoms with Gasteiger partial charge in [0.2, 0.25) is 5.56 Å². The summed E-state index contributed by atoms with van der Waals surface area (Å²) in [6.07, 6.45) is 0. The van der Waals surface area contributed by atoms with Crippen molar-refractivity contribution in [2.45, 2.75) is 6.92 Å². The zero-order valence-electron chi connectivity index (χ0n) is 8.82. The summed E-state index contributed by atoms with van der Waals surface area (Å²) in [4.78, 5) is 18.4. The van der Waals surface area contributed by atoms with E-state index in [1.165, 1.54) is 6.07 Å². The number of aromatic nitrogens is 2. The van der Waals surface area contributed by atoms with E-state index in [0.29, 0.717) is 5.65 Å². The predicted octanol–water partition coefficient (Wildman–Crippen LogP) is 2.38. The van der Waals surface area contributed by atoms with Gasteiger partial charge in [0.25, 0.3) is 0 Å². The lowest BCUT2D eigenvalue weighted by atomic mass is 10.1. The second kappa shape index (κ2) is 3.17. The van der Waals surface area contributed by atoms with Crippen molar-refractivity contribution in [1.82, 2.24) is 9.97 Å². The van der Waals surface area contributed by atoms with E-state index >= 15 is 0 Å². The van der Waals surface area contributed by atoms with Crippen LogP contribution >= 0.6 is 0 Å². The fraction of sp³-hybridized carbons (Fsp3) is 0.0769. The minimum absolute atomic E-state index is 0.119. The molecule has 2 aromatic heterocycles. The summed E-state index contributed by atoms with van der Waals surface area (Å²) in [7, 11) is 0. The van der Waals surface area contributed by atoms with E-state index in [0.717, 1.165) is 21.9 Å². The van der Waals surface area contributed by atoms with Gasteiger partial charge in [0.1, 0.15) is 5.65 Å². The van der Waals surface area contributed by atoms with Crippen LogP contribution in [0, 0.1) is 6.92 Å². The summed E-state index contributed by atoms with van der Waals surface area (Å²) < 4.78 is 0. The van der Waals surface area contributed by atoms with Gasteiger partial charge >= 0.3 is 0 Å². The first-order chi connectivity index (χ1) is 7.72. The van der Waals surface area contributed by atoms with Gasteiger partial charge in [0.15, 0.2) is 0 Å². The normalized spacial score (nSPS) is 11.1. The standard InChI is InChI=1S/C13H10N2O/c1-8-2-3-9-7-10-4-5-12(16)15-13(10)14-11(9)6-8/h2-7H,1H3,(H,14,15,16). The lowest BCUT2D eigenvalue weighted by Gasteiger charge is -2.01. The van der Waals surface area contributed by atoms with Crippen LogP contribution in [-0.4, -0.2) is 9.97 Å². The van der Waals surface area contributed by atoms with Crippen LogP contribution in [0.4, 0.5) is 0 Å². The molecule has 0 saturated carbocycles. The number of aryl methyl sites for hydroxylation is 1. The molecule has 0 spiro atoms. The molecule has 0 aliphatic rings. The van der Waals surface area contributed by atoms with Crippen LogP contribution in [0.25, 0.3) is 21.9 Å². The smallest absolute Gasteiger partial charge is 0.249 e. The summed E-state index contributed by atoms with van der Waals surface area (Å²) >= 11 is 0. The zero-order valence-corrected chi connectivity index (χ0v) is 8.82. The molecule has 2 heterocycles. The van der Waals surface area contributed by atoms with E-state index in [1.54, 1.807) is 6.07 Å². The van der Waals surface area contributed by atoms with Crippen molar-refractivity contribution in [3.8, 4) is 0 Å². The topological polar surface area (TPSA) is 45.8 Å². The molecule has 78 valence electrons. The maximum absolute atomic E-state index is 11.2. The van der Waals surface area contributed by atoms with Crippen LogP contribution in [0.15, 0.2) is 41.2 Å². The third-order valence-electron chi connectivity index (χ3n) is 2.66. The lowest BCUT2D eigenvalue weighted by Crippen LogP contribution is -2.03. The molecule has 0 amide bonds. The summed E-state index contributed by atoms with van der Waals surface area (Å²) in [5.41, 5.74) is 2.60. The summed E-state index contributed by atoms with van der Waals surface area (Å²) in [6, 6.07) is 11.5. The number of benzene rings is 1. The number of aromatic amines is 1. The fourth-order valence-electron chi connectivity index (χ4n) is 1.84. The molecule has 3 aromatic rings. The first kappa shape index (κ1) is 9.09. The number of H-pyrrole nitrogens is 1. The van der Waals surface area contributed by atoms with Gasteiger partial charge in [-0.2, -0.15) is 0 Å². The molecule has 3 heteroatoms. The summed E-state index contributed by atoms with van der Waals surface area (Å²) in [5.74, 6) is 0. The highest BCUT2D eigenvalue weighted by Gasteiger charge is 2.00. The van der Waals surface area contributed by atoms with E-state index in [2.05, 4.69) is 16.0 Å². The van der Waals surface area contributed by atoms with Crippen LogP contribution in [0.3, 0.4) is 0 Å². The van der Waals surface area contributed by atoms with Crippen molar-refractivity contribution in [3.63, 3.8) is 0 Å². The van der Waals surface area contributed by atoms with Gasteiger partial charge in [-0.15, -0.1) is 0 Å². The van der Waals surface area contributed by atoms with Crippen LogP contribution < -0.4 is 5.56 Å². The third-order valence-corrected chi connectivity index (χ3v) is 2.66. The highest BCUT2D eigenvalue weighted by atomic mass is 16.1. The van der Waals surface area contributed by atoms with Crippen LogP contribution in [0.2, 0.25) is 0 Å². The largest absolute Gasteiger partial charge is 0.307 e. The molecule has 3 rings (SSSR count). The Morgan fingerprint density at radius 2 is 1.88 bits per heavy atom. The molecule has 0 aliphatic heterocycles. The van der Waals surface area contributed by atoms with Gasteiger partial charge in [0, 0.05) is 16.8 Å². The first-order valence-corrected chi connectivity index (χ1v) is 5.13. The van der Waals surface area contributed by atoms with E-state index in [1.807, 2.05) is 25.1 Å². The molecule has 1 aromatic carbocycles. The molecule has 0 unspecified atom stereocenters. The Labute approximate surface area is 91.8 Å². The molecule has 0 aliphatic carbocycles. The molecule has 0 radical (unpaired) electrons. The number of rotatable bonds is 0. The predicted molar refractivity (Wildman–Crippen MR) is 64.6 cm³/mol. The van der Waals surface area contributed by atoms with Crippen molar-refractivity contribution in [2.24, 2.45) is 0 Å². The molecule has 0 fully saturated rings. The zero-order chi connectivity index (χ0) is 11.1. The molecule has 0 saturated heterocycles. The quantitative estimate of drug-likeness (QED) is 0.579. The Kier molecular flexibility index (Phi) is 1.80. The number of hydrogen-bond acceptors (Lipinski definition) is 2. The average Bonchev–Trinajstić information content (AvgIpc) is 2.26. The van der Waals surface area contributed by atoms with Crippen molar-refractivity contribution in [2.75, 3.05) is 0 Å². The Hall–Kier alpha value is -2.16. The molecule has 0 bridgehead atoms. The number of hydrogen-bond donors (Lipinski definition) is 1. The molecule has 16 heavy (non-hydrogen) atoms. The maximum Gasteiger partial charge on any atom is 0.249 e. The number of pyridine rings is 2. The minimum atomic E-state index is -0.119. The number of nitrogens with zero attached hydrogens (tertiary/aromatic N) is 1. The Balaban J connectivity index is 2.49. The monoisotopic (exact) mass is 210 g/mol. The minimum Gasteiger partial charge on any atom is -0.307 e. The summed E-state index contributed by atoms with van der Waals surface area (Å²) in [6.45, 7) is 2.03. The average molecular weight is 210 g/mol. The lowest BCUT2D eigenvalue weighted by molar-refractivity contribution is 1.25. The number of nitrogens with one attached hydrogen (secondary N) is 1. The maximum atomic E-state index is 11.2. The molecule has 0 atom stereocenters. The van der Waals surface area contributed by atoms with Crippen LogP contribution in [-0.2, 0) is 0 Å². The van der Waals surface area contributed by atoms with Gasteiger partial charge in [-0.1, -0.05) is 12.1 Å². The highest BCUT2D eigenvalue weighted by molar-refractivity contribution is 5.91. The molecule has 1 N–H and O–H groups in total. The van der Waals surface area contributed by atoms with Crippen molar-refractivity contribution < 1.29 is 0 Å². The molecular formula is C13H10N2O. The van der Waals surface area contributed by atoms with E-state index < -0.39 is 0 Å². The van der Waals surface area contributed by atoms with Crippen LogP contribution in [0.1, 0.15) is 5.56 Å². The van der Waals surface area contributed by atoms with Crippen molar-refractivity contribution >= 4 is 21.9 Å². The van der Waals surface area contributed by atoms with E-state index in [9.17, 15) is 4.79 Å². The van der Waals surface area contributed by atoms with E-state index in [-0.39, 0.29) is 5.56 Å². The first-order valence-electron chi connectivity index (χ1n) is 5.13. The van der Waals surface area contributed by atoms with Crippen molar-refractivity contribution in [3.05, 3.63) is 52.3 Å². The van der Waals surface area contributed by atoms with Gasteiger partial charge in [-0.05, 0) is 30.7 Å². The van der Waals surface area contributed by atoms with Crippen molar-refractivity contribution in [1.29, 1.82) is 0 Å². The van der Waals surface area contributed by atoms with E-state index in [4.69, 9.17) is 0 Å². The van der Waals surface area contributed by atoms with Gasteiger partial charge < -0.3 is 4.98 Å². The Morgan fingerprint density at radius 1 is 1.06 bits per heavy atom. The molecular weight excluding hydrogens is 200 g/mol. The van der Waals surface area contributed by atoms with Gasteiger partial charge in [-0.25, -0.2) is 4.98 Å². The fourth-order valence-corrected chi connectivity index (χ4v) is 1.84. The SMILES string of the molecule is Cc1ccc2cc3ccc(=O)[nH]c3nc2c1. The Morgan fingerprint density at radius 3 is 2.75 bits per heavy atom. The molecule has 3 nitrogen and oxygen atoms in total. The Bertz CT molecular complexity index is 744. The highest BCUT2D eigenvalue weighted by Crippen LogP contribution is 2.18. The van der Waals surface area contributed by atoms with Gasteiger partial charge in [-0.3, -0.25) is 4.79 Å². The second-order valence-electron chi connectivity index (χ2n) is 3.94. The second-order valence-corrected chi connectivity index (χ2v) is 3.94. The summed E-state index contributed by atoms with van der Waals surface area (Å²) in [5, 5.41) is 2.04. The third kappa shape index (κ3) is 1.37. The van der Waals surface area contributed by atoms with Crippen LogP contribution in [0.5, 0.6) is 0 Å². The van der Waals surface area contributed by atoms with Gasteiger partial charge in [0.05, 0.1) is 5.52 Å².